The first kappa shape index (κ1) is 14.8. The van der Waals surface area contributed by atoms with E-state index in [-0.39, 0.29) is 17.6 Å². The summed E-state index contributed by atoms with van der Waals surface area (Å²) in [6.45, 7) is 2.05. The van der Waals surface area contributed by atoms with Crippen molar-refractivity contribution >= 4 is 11.6 Å². The van der Waals surface area contributed by atoms with Crippen LogP contribution in [-0.4, -0.2) is 45.3 Å². The summed E-state index contributed by atoms with van der Waals surface area (Å²) in [6, 6.07) is -0.137. The molecule has 112 valence electrons. The van der Waals surface area contributed by atoms with Gasteiger partial charge in [-0.1, -0.05) is 26.2 Å². The Morgan fingerprint density at radius 2 is 2.20 bits per heavy atom. The second kappa shape index (κ2) is 6.26. The van der Waals surface area contributed by atoms with Crippen molar-refractivity contribution in [2.75, 3.05) is 12.8 Å². The van der Waals surface area contributed by atoms with Gasteiger partial charge in [0.05, 0.1) is 23.5 Å². The van der Waals surface area contributed by atoms with Crippen LogP contribution >= 0.6 is 0 Å². The summed E-state index contributed by atoms with van der Waals surface area (Å²) >= 11 is 0. The molecule has 0 saturated heterocycles. The Labute approximate surface area is 119 Å². The van der Waals surface area contributed by atoms with Gasteiger partial charge in [-0.25, -0.2) is 0 Å². The Balaban J connectivity index is 2.13. The molecule has 2 atom stereocenters. The van der Waals surface area contributed by atoms with E-state index < -0.39 is 6.10 Å². The molecule has 1 aliphatic rings. The first-order valence-electron chi connectivity index (χ1n) is 7.34. The third kappa shape index (κ3) is 2.80. The molecule has 2 rings (SSSR count). The number of nitrogens with two attached hydrogens (primary N) is 1. The van der Waals surface area contributed by atoms with Gasteiger partial charge in [-0.15, -0.1) is 0 Å². The average Bonchev–Trinajstić information content (AvgIpc) is 2.80. The minimum Gasteiger partial charge on any atom is -0.395 e. The van der Waals surface area contributed by atoms with Crippen LogP contribution in [0.4, 0.5) is 5.69 Å². The van der Waals surface area contributed by atoms with E-state index in [4.69, 9.17) is 5.73 Å². The van der Waals surface area contributed by atoms with Gasteiger partial charge in [-0.2, -0.15) is 5.10 Å². The van der Waals surface area contributed by atoms with Crippen LogP contribution in [0.3, 0.4) is 0 Å². The highest BCUT2D eigenvalue weighted by Gasteiger charge is 2.31. The molecule has 4 N–H and O–H groups in total. The number of likely N-dealkylation sites (N-methyl/N-ethyl adjacent to an activating group) is 1. The van der Waals surface area contributed by atoms with Gasteiger partial charge in [-0.05, 0) is 19.3 Å². The van der Waals surface area contributed by atoms with Crippen molar-refractivity contribution in [3.8, 4) is 0 Å². The highest BCUT2D eigenvalue weighted by Crippen LogP contribution is 2.25. The number of hydrogen-bond acceptors (Lipinski definition) is 4. The number of H-pyrrole nitrogens is 1. The molecule has 0 spiro atoms. The fourth-order valence-corrected chi connectivity index (χ4v) is 2.85. The van der Waals surface area contributed by atoms with Crippen LogP contribution in [0.5, 0.6) is 0 Å². The number of aromatic amines is 1. The quantitative estimate of drug-likeness (QED) is 0.775. The molecule has 0 bridgehead atoms. The largest absolute Gasteiger partial charge is 0.395 e. The van der Waals surface area contributed by atoms with Crippen LogP contribution in [0, 0.1) is 0 Å². The lowest BCUT2D eigenvalue weighted by atomic mass is 9.91. The van der Waals surface area contributed by atoms with Gasteiger partial charge >= 0.3 is 0 Å². The highest BCUT2D eigenvalue weighted by molar-refractivity contribution is 5.97. The summed E-state index contributed by atoms with van der Waals surface area (Å²) in [5.41, 5.74) is 7.51. The highest BCUT2D eigenvalue weighted by atomic mass is 16.3. The fourth-order valence-electron chi connectivity index (χ4n) is 2.85. The normalized spacial score (nSPS) is 22.8. The lowest BCUT2D eigenvalue weighted by Gasteiger charge is -2.34. The van der Waals surface area contributed by atoms with Crippen molar-refractivity contribution in [1.82, 2.24) is 15.1 Å². The van der Waals surface area contributed by atoms with Crippen molar-refractivity contribution in [1.29, 1.82) is 0 Å². The van der Waals surface area contributed by atoms with Crippen molar-refractivity contribution in [3.05, 3.63) is 11.4 Å². The molecular weight excluding hydrogens is 256 g/mol. The van der Waals surface area contributed by atoms with Gasteiger partial charge in [0.15, 0.2) is 5.69 Å². The number of hydrogen-bond donors (Lipinski definition) is 3. The Morgan fingerprint density at radius 1 is 1.50 bits per heavy atom. The maximum absolute atomic E-state index is 12.5. The number of carbonyl (C=O) groups is 1. The van der Waals surface area contributed by atoms with E-state index in [0.29, 0.717) is 5.69 Å². The lowest BCUT2D eigenvalue weighted by molar-refractivity contribution is 0.0265. The van der Waals surface area contributed by atoms with E-state index in [1.165, 1.54) is 0 Å². The second-order valence-electron chi connectivity index (χ2n) is 5.55. The third-order valence-corrected chi connectivity index (χ3v) is 4.10. The van der Waals surface area contributed by atoms with Crippen molar-refractivity contribution < 1.29 is 9.90 Å². The molecule has 1 amide bonds. The summed E-state index contributed by atoms with van der Waals surface area (Å²) in [5.74, 6) is -0.216. The lowest BCUT2D eigenvalue weighted by Crippen LogP contribution is -2.46. The molecule has 1 heterocycles. The zero-order valence-corrected chi connectivity index (χ0v) is 12.2. The monoisotopic (exact) mass is 280 g/mol. The molecule has 20 heavy (non-hydrogen) atoms. The summed E-state index contributed by atoms with van der Waals surface area (Å²) in [4.78, 5) is 14.1. The van der Waals surface area contributed by atoms with Crippen molar-refractivity contribution in [2.24, 2.45) is 0 Å². The Morgan fingerprint density at radius 3 is 2.85 bits per heavy atom. The molecule has 1 saturated carbocycles. The molecular formula is C14H24N4O2. The number of amides is 1. The van der Waals surface area contributed by atoms with E-state index >= 15 is 0 Å². The predicted molar refractivity (Wildman–Crippen MR) is 77.4 cm³/mol. The zero-order valence-electron chi connectivity index (χ0n) is 12.2. The second-order valence-corrected chi connectivity index (χ2v) is 5.55. The molecule has 1 fully saturated rings. The Kier molecular flexibility index (Phi) is 4.65. The number of aliphatic hydroxyl groups excluding tert-OH is 1. The molecule has 2 unspecified atom stereocenters. The van der Waals surface area contributed by atoms with E-state index in [0.717, 1.165) is 44.2 Å². The first-order valence-corrected chi connectivity index (χ1v) is 7.34. The van der Waals surface area contributed by atoms with Gasteiger partial charge in [-0.3, -0.25) is 9.89 Å². The number of nitrogens with one attached hydrogen (secondary N) is 1. The molecule has 6 nitrogen and oxygen atoms in total. The number of aromatic nitrogens is 2. The first-order chi connectivity index (χ1) is 9.56. The van der Waals surface area contributed by atoms with Crippen LogP contribution < -0.4 is 5.73 Å². The molecule has 6 heteroatoms. The molecule has 1 aliphatic carbocycles. The molecule has 1 aromatic rings. The van der Waals surface area contributed by atoms with Crippen molar-refractivity contribution in [3.63, 3.8) is 0 Å². The van der Waals surface area contributed by atoms with Gasteiger partial charge < -0.3 is 15.7 Å². The zero-order chi connectivity index (χ0) is 14.7. The molecule has 0 aliphatic heterocycles. The van der Waals surface area contributed by atoms with Gasteiger partial charge in [0.25, 0.3) is 5.91 Å². The predicted octanol–water partition coefficient (Wildman–Crippen LogP) is 1.32. The third-order valence-electron chi connectivity index (χ3n) is 4.10. The topological polar surface area (TPSA) is 95.2 Å². The van der Waals surface area contributed by atoms with Crippen LogP contribution in [0.25, 0.3) is 0 Å². The SMILES string of the molecule is CCCc1[nH]nc(C(=O)N(C)C2CCCCC2O)c1N. The number of anilines is 1. The van der Waals surface area contributed by atoms with Crippen LogP contribution in [0.1, 0.15) is 55.2 Å². The number of aliphatic hydroxyl groups is 1. The minimum absolute atomic E-state index is 0.137. The minimum atomic E-state index is -0.451. The Hall–Kier alpha value is -1.56. The summed E-state index contributed by atoms with van der Waals surface area (Å²) < 4.78 is 0. The Bertz CT molecular complexity index is 472. The van der Waals surface area contributed by atoms with Crippen LogP contribution in [-0.2, 0) is 6.42 Å². The smallest absolute Gasteiger partial charge is 0.276 e. The number of carbonyl (C=O) groups excluding carboxylic acids is 1. The maximum atomic E-state index is 12.5. The van der Waals surface area contributed by atoms with Crippen LogP contribution in [0.15, 0.2) is 0 Å². The van der Waals surface area contributed by atoms with E-state index in [1.54, 1.807) is 11.9 Å². The number of nitrogen functional groups attached to an aromatic ring is 1. The van der Waals surface area contributed by atoms with E-state index in [9.17, 15) is 9.90 Å². The van der Waals surface area contributed by atoms with Crippen LogP contribution in [0.2, 0.25) is 0 Å². The molecule has 1 aromatic heterocycles. The van der Waals surface area contributed by atoms with Gasteiger partial charge in [0.1, 0.15) is 0 Å². The molecule has 0 radical (unpaired) electrons. The fraction of sp³-hybridized carbons (Fsp3) is 0.714. The number of nitrogens with zero attached hydrogens (tertiary/aromatic N) is 2. The van der Waals surface area contributed by atoms with Crippen molar-refractivity contribution in [2.45, 2.75) is 57.6 Å². The molecule has 0 aromatic carbocycles. The van der Waals surface area contributed by atoms with Gasteiger partial charge in [0.2, 0.25) is 0 Å². The summed E-state index contributed by atoms with van der Waals surface area (Å²) in [5, 5.41) is 16.9. The van der Waals surface area contributed by atoms with Gasteiger partial charge in [0, 0.05) is 7.05 Å². The van der Waals surface area contributed by atoms with E-state index in [2.05, 4.69) is 10.2 Å². The number of aryl methyl sites for hydroxylation is 1. The summed E-state index contributed by atoms with van der Waals surface area (Å²) in [6.07, 6.45) is 4.91. The maximum Gasteiger partial charge on any atom is 0.276 e. The standard InChI is InChI=1S/C14H24N4O2/c1-3-6-9-12(15)13(17-16-9)14(20)18(2)10-7-4-5-8-11(10)19/h10-11,19H,3-8,15H2,1-2H3,(H,16,17). The van der Waals surface area contributed by atoms with E-state index in [1.807, 2.05) is 6.92 Å². The summed E-state index contributed by atoms with van der Waals surface area (Å²) in [7, 11) is 1.72. The number of rotatable bonds is 4. The average molecular weight is 280 g/mol.